The summed E-state index contributed by atoms with van der Waals surface area (Å²) in [6, 6.07) is 8.99. The summed E-state index contributed by atoms with van der Waals surface area (Å²) < 4.78 is 9.80. The van der Waals surface area contributed by atoms with E-state index in [1.165, 1.54) is 57.4 Å². The van der Waals surface area contributed by atoms with Gasteiger partial charge in [-0.05, 0) is 117 Å². The minimum atomic E-state index is -0.318. The smallest absolute Gasteiger partial charge is 0.293 e. The van der Waals surface area contributed by atoms with Crippen molar-refractivity contribution < 1.29 is 14.3 Å². The number of carbonyl (C=O) groups excluding carboxylic acids is 1. The van der Waals surface area contributed by atoms with Gasteiger partial charge in [-0.1, -0.05) is 19.1 Å². The summed E-state index contributed by atoms with van der Waals surface area (Å²) in [6.07, 6.45) is 6.24. The molecule has 34 heavy (non-hydrogen) atoms. The highest BCUT2D eigenvalue weighted by molar-refractivity contribution is 5.91. The Labute approximate surface area is 208 Å². The van der Waals surface area contributed by atoms with E-state index in [4.69, 9.17) is 10.1 Å². The Bertz CT molecular complexity index is 692. The number of nitrogens with one attached hydrogen (secondary N) is 1. The van der Waals surface area contributed by atoms with E-state index in [1.54, 1.807) is 0 Å². The van der Waals surface area contributed by atoms with Crippen molar-refractivity contribution in [1.82, 2.24) is 9.80 Å². The molecule has 0 spiro atoms. The van der Waals surface area contributed by atoms with E-state index >= 15 is 0 Å². The highest BCUT2D eigenvalue weighted by Gasteiger charge is 2.21. The molecule has 194 valence electrons. The molecular formula is C28H49N3O3. The third kappa shape index (κ3) is 12.5. The third-order valence-electron chi connectivity index (χ3n) is 6.44. The number of ether oxygens (including phenoxy) is 2. The quantitative estimate of drug-likeness (QED) is 0.264. The molecular weight excluding hydrogens is 426 g/mol. The molecule has 1 aliphatic rings. The maximum absolute atomic E-state index is 9.60. The second kappa shape index (κ2) is 15.9. The van der Waals surface area contributed by atoms with Crippen molar-refractivity contribution in [2.75, 3.05) is 39.8 Å². The van der Waals surface area contributed by atoms with E-state index in [-0.39, 0.29) is 11.5 Å². The SMILES string of the molecule is CC(C)(C)OC=O.CCOC(=N)c1ccc(CCCN2CCC(CN(C)C(C)CC)CC2)cc1. The Morgan fingerprint density at radius 1 is 1.21 bits per heavy atom. The number of hydrogen-bond acceptors (Lipinski definition) is 6. The lowest BCUT2D eigenvalue weighted by Crippen LogP contribution is -2.40. The first-order chi connectivity index (χ1) is 16.1. The molecule has 1 atom stereocenters. The van der Waals surface area contributed by atoms with Gasteiger partial charge >= 0.3 is 0 Å². The number of rotatable bonds is 11. The Morgan fingerprint density at radius 2 is 1.82 bits per heavy atom. The predicted molar refractivity (Wildman–Crippen MR) is 142 cm³/mol. The standard InChI is InChI=1S/C23H39N3O.C5H10O2/c1-5-19(3)25(4)18-21-13-16-26(17-14-21)15-7-8-20-9-11-22(12-10-20)23(24)27-6-2;1-5(2,3)7-4-6/h9-12,19,21,24H,5-8,13-18H2,1-4H3;4H,1-3H3. The third-order valence-corrected chi connectivity index (χ3v) is 6.44. The summed E-state index contributed by atoms with van der Waals surface area (Å²) in [5.41, 5.74) is 1.90. The van der Waals surface area contributed by atoms with Gasteiger partial charge in [0.1, 0.15) is 5.60 Å². The molecule has 1 saturated heterocycles. The molecule has 1 aromatic carbocycles. The van der Waals surface area contributed by atoms with Gasteiger partial charge in [0.05, 0.1) is 6.61 Å². The molecule has 1 N–H and O–H groups in total. The van der Waals surface area contributed by atoms with Crippen LogP contribution in [0.25, 0.3) is 0 Å². The molecule has 1 heterocycles. The van der Waals surface area contributed by atoms with Crippen molar-refractivity contribution in [3.8, 4) is 0 Å². The zero-order valence-electron chi connectivity index (χ0n) is 22.7. The molecule has 6 nitrogen and oxygen atoms in total. The van der Waals surface area contributed by atoms with Crippen LogP contribution in [0.5, 0.6) is 0 Å². The number of benzene rings is 1. The number of carbonyl (C=O) groups is 1. The molecule has 1 fully saturated rings. The van der Waals surface area contributed by atoms with Gasteiger partial charge in [-0.15, -0.1) is 0 Å². The number of aryl methyl sites for hydroxylation is 1. The van der Waals surface area contributed by atoms with Crippen molar-refractivity contribution in [3.05, 3.63) is 35.4 Å². The zero-order chi connectivity index (χ0) is 25.6. The van der Waals surface area contributed by atoms with Crippen LogP contribution in [0.1, 0.15) is 78.4 Å². The maximum atomic E-state index is 9.60. The highest BCUT2D eigenvalue weighted by atomic mass is 16.5. The minimum Gasteiger partial charge on any atom is -0.478 e. The van der Waals surface area contributed by atoms with Gasteiger partial charge in [-0.3, -0.25) is 10.2 Å². The summed E-state index contributed by atoms with van der Waals surface area (Å²) in [7, 11) is 2.28. The van der Waals surface area contributed by atoms with Crippen LogP contribution in [-0.4, -0.2) is 73.6 Å². The normalized spacial score (nSPS) is 15.9. The average Bonchev–Trinajstić information content (AvgIpc) is 2.80. The molecule has 0 amide bonds. The molecule has 0 bridgehead atoms. The first-order valence-corrected chi connectivity index (χ1v) is 12.9. The van der Waals surface area contributed by atoms with Crippen LogP contribution in [0, 0.1) is 11.3 Å². The Morgan fingerprint density at radius 3 is 2.29 bits per heavy atom. The molecule has 0 radical (unpaired) electrons. The van der Waals surface area contributed by atoms with E-state index in [1.807, 2.05) is 39.8 Å². The molecule has 1 aromatic rings. The first kappa shape index (κ1) is 30.1. The van der Waals surface area contributed by atoms with Crippen molar-refractivity contribution in [2.45, 2.75) is 85.3 Å². The van der Waals surface area contributed by atoms with Crippen LogP contribution in [0.2, 0.25) is 0 Å². The second-order valence-corrected chi connectivity index (χ2v) is 10.4. The lowest BCUT2D eigenvalue weighted by Gasteiger charge is -2.35. The van der Waals surface area contributed by atoms with Gasteiger partial charge in [0.25, 0.3) is 6.47 Å². The highest BCUT2D eigenvalue weighted by Crippen LogP contribution is 2.20. The summed E-state index contributed by atoms with van der Waals surface area (Å²) in [4.78, 5) is 14.8. The van der Waals surface area contributed by atoms with E-state index in [0.717, 1.165) is 17.9 Å². The van der Waals surface area contributed by atoms with Crippen LogP contribution >= 0.6 is 0 Å². The fraction of sp³-hybridized carbons (Fsp3) is 0.714. The lowest BCUT2D eigenvalue weighted by atomic mass is 9.95. The molecule has 0 saturated carbocycles. The topological polar surface area (TPSA) is 65.9 Å². The minimum absolute atomic E-state index is 0.269. The van der Waals surface area contributed by atoms with Crippen molar-refractivity contribution in [3.63, 3.8) is 0 Å². The molecule has 0 aliphatic carbocycles. The van der Waals surface area contributed by atoms with Gasteiger partial charge in [0.15, 0.2) is 0 Å². The fourth-order valence-electron chi connectivity index (χ4n) is 3.99. The number of piperidine rings is 1. The lowest BCUT2D eigenvalue weighted by molar-refractivity contribution is -0.138. The Kier molecular flexibility index (Phi) is 14.1. The summed E-state index contributed by atoms with van der Waals surface area (Å²) >= 11 is 0. The number of nitrogens with zero attached hydrogens (tertiary/aromatic N) is 2. The summed E-state index contributed by atoms with van der Waals surface area (Å²) in [5, 5.41) is 7.83. The largest absolute Gasteiger partial charge is 0.478 e. The molecule has 1 unspecified atom stereocenters. The van der Waals surface area contributed by atoms with Crippen molar-refractivity contribution in [2.24, 2.45) is 5.92 Å². The van der Waals surface area contributed by atoms with Gasteiger partial charge in [-0.25, -0.2) is 0 Å². The van der Waals surface area contributed by atoms with Gasteiger partial charge in [0.2, 0.25) is 5.90 Å². The van der Waals surface area contributed by atoms with Crippen molar-refractivity contribution >= 4 is 12.4 Å². The Balaban J connectivity index is 0.000000718. The van der Waals surface area contributed by atoms with E-state index in [0.29, 0.717) is 19.1 Å². The van der Waals surface area contributed by atoms with Gasteiger partial charge in [-0.2, -0.15) is 0 Å². The molecule has 1 aliphatic heterocycles. The molecule has 0 aromatic heterocycles. The fourth-order valence-corrected chi connectivity index (χ4v) is 3.99. The van der Waals surface area contributed by atoms with Crippen LogP contribution in [-0.2, 0) is 20.7 Å². The second-order valence-electron chi connectivity index (χ2n) is 10.4. The van der Waals surface area contributed by atoms with Gasteiger partial charge < -0.3 is 19.3 Å². The molecule has 2 rings (SSSR count). The number of hydrogen-bond donors (Lipinski definition) is 1. The maximum Gasteiger partial charge on any atom is 0.293 e. The monoisotopic (exact) mass is 475 g/mol. The zero-order valence-corrected chi connectivity index (χ0v) is 22.7. The van der Waals surface area contributed by atoms with Crippen LogP contribution in [0.3, 0.4) is 0 Å². The average molecular weight is 476 g/mol. The number of likely N-dealkylation sites (tertiary alicyclic amines) is 1. The summed E-state index contributed by atoms with van der Waals surface area (Å²) in [6.45, 7) is 18.0. The van der Waals surface area contributed by atoms with E-state index < -0.39 is 0 Å². The molecule has 6 heteroatoms. The van der Waals surface area contributed by atoms with E-state index in [9.17, 15) is 4.79 Å². The summed E-state index contributed by atoms with van der Waals surface area (Å²) in [5.74, 6) is 1.14. The van der Waals surface area contributed by atoms with Gasteiger partial charge in [0, 0.05) is 18.2 Å². The first-order valence-electron chi connectivity index (χ1n) is 12.9. The van der Waals surface area contributed by atoms with Crippen LogP contribution in [0.15, 0.2) is 24.3 Å². The van der Waals surface area contributed by atoms with E-state index in [2.05, 4.69) is 47.6 Å². The van der Waals surface area contributed by atoms with Crippen LogP contribution in [0.4, 0.5) is 0 Å². The Hall–Kier alpha value is -1.92. The predicted octanol–water partition coefficient (Wildman–Crippen LogP) is 5.38. The van der Waals surface area contributed by atoms with Crippen LogP contribution < -0.4 is 0 Å². The van der Waals surface area contributed by atoms with Crippen molar-refractivity contribution in [1.29, 1.82) is 5.41 Å².